The van der Waals surface area contributed by atoms with Gasteiger partial charge in [0.05, 0.1) is 10.7 Å². The average Bonchev–Trinajstić information content (AvgIpc) is 2.66. The van der Waals surface area contributed by atoms with Crippen LogP contribution in [0.15, 0.2) is 24.3 Å². The van der Waals surface area contributed by atoms with Crippen LogP contribution < -0.4 is 0 Å². The zero-order chi connectivity index (χ0) is 14.1. The number of alkyl halides is 1. The minimum atomic E-state index is 0.464. The third kappa shape index (κ3) is 2.84. The van der Waals surface area contributed by atoms with E-state index in [1.54, 1.807) is 0 Å². The molecule has 1 aliphatic rings. The fraction of sp³-hybridized carbons (Fsp3) is 0.471. The Balaban J connectivity index is 1.83. The molecule has 2 aromatic rings. The number of thiazole rings is 1. The molecule has 1 aromatic carbocycles. The van der Waals surface area contributed by atoms with Gasteiger partial charge >= 0.3 is 0 Å². The van der Waals surface area contributed by atoms with E-state index in [9.17, 15) is 0 Å². The van der Waals surface area contributed by atoms with Crippen LogP contribution in [0.25, 0.3) is 0 Å². The maximum Gasteiger partial charge on any atom is 0.0934 e. The van der Waals surface area contributed by atoms with Crippen molar-refractivity contribution in [2.75, 3.05) is 0 Å². The van der Waals surface area contributed by atoms with Crippen molar-refractivity contribution < 1.29 is 0 Å². The highest BCUT2D eigenvalue weighted by Gasteiger charge is 2.26. The molecule has 0 amide bonds. The van der Waals surface area contributed by atoms with Gasteiger partial charge in [-0.25, -0.2) is 4.98 Å². The molecule has 3 rings (SSSR count). The van der Waals surface area contributed by atoms with Gasteiger partial charge in [-0.05, 0) is 50.2 Å². The fourth-order valence-corrected chi connectivity index (χ4v) is 4.97. The zero-order valence-electron chi connectivity index (χ0n) is 12.0. The second kappa shape index (κ2) is 5.98. The molecular formula is C17H20BrNS. The van der Waals surface area contributed by atoms with Crippen LogP contribution >= 0.6 is 27.3 Å². The van der Waals surface area contributed by atoms with Crippen molar-refractivity contribution >= 4 is 27.3 Å². The Morgan fingerprint density at radius 1 is 1.30 bits per heavy atom. The second-order valence-electron chi connectivity index (χ2n) is 5.71. The molecule has 1 heterocycles. The third-order valence-corrected chi connectivity index (χ3v) is 6.63. The molecule has 0 radical (unpaired) electrons. The summed E-state index contributed by atoms with van der Waals surface area (Å²) < 4.78 is 0. The van der Waals surface area contributed by atoms with Gasteiger partial charge in [-0.3, -0.25) is 0 Å². The molecule has 1 aliphatic carbocycles. The molecule has 0 saturated carbocycles. The largest absolute Gasteiger partial charge is 0.246 e. The van der Waals surface area contributed by atoms with Crippen LogP contribution in [0, 0.1) is 19.8 Å². The summed E-state index contributed by atoms with van der Waals surface area (Å²) in [7, 11) is 0. The zero-order valence-corrected chi connectivity index (χ0v) is 14.4. The van der Waals surface area contributed by atoms with Crippen LogP contribution in [0.2, 0.25) is 0 Å². The molecule has 2 unspecified atom stereocenters. The summed E-state index contributed by atoms with van der Waals surface area (Å²) in [6.07, 6.45) is 4.88. The summed E-state index contributed by atoms with van der Waals surface area (Å²) in [5.74, 6) is 0.656. The predicted molar refractivity (Wildman–Crippen MR) is 89.8 cm³/mol. The smallest absolute Gasteiger partial charge is 0.0934 e. The normalized spacial score (nSPS) is 22.4. The van der Waals surface area contributed by atoms with E-state index in [1.165, 1.54) is 46.0 Å². The first kappa shape index (κ1) is 14.3. The molecule has 0 saturated heterocycles. The lowest BCUT2D eigenvalue weighted by Crippen LogP contribution is -2.10. The van der Waals surface area contributed by atoms with Crippen molar-refractivity contribution in [3.05, 3.63) is 51.0 Å². The Hall–Kier alpha value is -0.670. The van der Waals surface area contributed by atoms with E-state index in [0.717, 1.165) is 6.42 Å². The Morgan fingerprint density at radius 2 is 2.10 bits per heavy atom. The first-order valence-electron chi connectivity index (χ1n) is 7.30. The highest BCUT2D eigenvalue weighted by atomic mass is 79.9. The molecule has 0 fully saturated rings. The Bertz CT molecular complexity index is 585. The van der Waals surface area contributed by atoms with E-state index in [-0.39, 0.29) is 0 Å². The number of benzene rings is 1. The summed E-state index contributed by atoms with van der Waals surface area (Å²) in [5, 5.41) is 1.30. The van der Waals surface area contributed by atoms with Gasteiger partial charge in [0.15, 0.2) is 0 Å². The molecule has 0 bridgehead atoms. The lowest BCUT2D eigenvalue weighted by atomic mass is 9.94. The van der Waals surface area contributed by atoms with Crippen LogP contribution in [-0.2, 0) is 12.8 Å². The number of hydrogen-bond acceptors (Lipinski definition) is 2. The highest BCUT2D eigenvalue weighted by molar-refractivity contribution is 9.09. The summed E-state index contributed by atoms with van der Waals surface area (Å²) >= 11 is 5.83. The SMILES string of the molecule is Cc1nc(CC2CCCc3ccccc3C2Br)sc1C. The Morgan fingerprint density at radius 3 is 2.85 bits per heavy atom. The Labute approximate surface area is 133 Å². The fourth-order valence-electron chi connectivity index (χ4n) is 3.04. The van der Waals surface area contributed by atoms with E-state index < -0.39 is 0 Å². The van der Waals surface area contributed by atoms with Gasteiger partial charge < -0.3 is 0 Å². The highest BCUT2D eigenvalue weighted by Crippen LogP contribution is 2.41. The summed E-state index contributed by atoms with van der Waals surface area (Å²) in [4.78, 5) is 6.55. The lowest BCUT2D eigenvalue weighted by molar-refractivity contribution is 0.474. The molecular weight excluding hydrogens is 330 g/mol. The van der Waals surface area contributed by atoms with E-state index in [0.29, 0.717) is 10.7 Å². The Kier molecular flexibility index (Phi) is 4.27. The van der Waals surface area contributed by atoms with Gasteiger partial charge in [0, 0.05) is 16.1 Å². The molecule has 20 heavy (non-hydrogen) atoms. The number of fused-ring (bicyclic) bond motifs is 1. The first-order chi connectivity index (χ1) is 9.65. The van der Waals surface area contributed by atoms with Gasteiger partial charge in [0.25, 0.3) is 0 Å². The van der Waals surface area contributed by atoms with Crippen molar-refractivity contribution in [3.8, 4) is 0 Å². The predicted octanol–water partition coefficient (Wildman–Crippen LogP) is 5.39. The number of halogens is 1. The van der Waals surface area contributed by atoms with Gasteiger partial charge in [0.1, 0.15) is 0 Å². The first-order valence-corrected chi connectivity index (χ1v) is 9.03. The van der Waals surface area contributed by atoms with Crippen LogP contribution in [-0.4, -0.2) is 4.98 Å². The van der Waals surface area contributed by atoms with Crippen molar-refractivity contribution in [1.29, 1.82) is 0 Å². The summed E-state index contributed by atoms with van der Waals surface area (Å²) in [5.41, 5.74) is 4.20. The van der Waals surface area contributed by atoms with Crippen molar-refractivity contribution in [1.82, 2.24) is 4.98 Å². The van der Waals surface area contributed by atoms with Gasteiger partial charge in [0.2, 0.25) is 0 Å². The van der Waals surface area contributed by atoms with Crippen molar-refractivity contribution in [2.45, 2.75) is 44.4 Å². The summed E-state index contributed by atoms with van der Waals surface area (Å²) in [6.45, 7) is 4.29. The molecule has 1 aromatic heterocycles. The van der Waals surface area contributed by atoms with Crippen molar-refractivity contribution in [3.63, 3.8) is 0 Å². The number of nitrogens with zero attached hydrogens (tertiary/aromatic N) is 1. The quantitative estimate of drug-likeness (QED) is 0.523. The topological polar surface area (TPSA) is 12.9 Å². The number of aryl methyl sites for hydroxylation is 3. The van der Waals surface area contributed by atoms with Crippen molar-refractivity contribution in [2.24, 2.45) is 5.92 Å². The lowest BCUT2D eigenvalue weighted by Gasteiger charge is -2.20. The van der Waals surface area contributed by atoms with Crippen LogP contribution in [0.4, 0.5) is 0 Å². The monoisotopic (exact) mass is 349 g/mol. The molecule has 106 valence electrons. The molecule has 0 spiro atoms. The average molecular weight is 350 g/mol. The second-order valence-corrected chi connectivity index (χ2v) is 7.98. The summed E-state index contributed by atoms with van der Waals surface area (Å²) in [6, 6.07) is 8.88. The number of rotatable bonds is 2. The maximum absolute atomic E-state index is 4.72. The molecule has 2 atom stereocenters. The molecule has 0 aliphatic heterocycles. The third-order valence-electron chi connectivity index (χ3n) is 4.30. The van der Waals surface area contributed by atoms with Gasteiger partial charge in [-0.1, -0.05) is 40.2 Å². The van der Waals surface area contributed by atoms with Gasteiger partial charge in [-0.2, -0.15) is 0 Å². The molecule has 1 nitrogen and oxygen atoms in total. The van der Waals surface area contributed by atoms with Gasteiger partial charge in [-0.15, -0.1) is 11.3 Å². The molecule has 3 heteroatoms. The van der Waals surface area contributed by atoms with E-state index in [2.05, 4.69) is 54.0 Å². The number of aromatic nitrogens is 1. The molecule has 0 N–H and O–H groups in total. The van der Waals surface area contributed by atoms with Crippen LogP contribution in [0.1, 0.15) is 44.4 Å². The number of hydrogen-bond donors (Lipinski definition) is 0. The maximum atomic E-state index is 4.72. The van der Waals surface area contributed by atoms with Crippen LogP contribution in [0.3, 0.4) is 0 Å². The van der Waals surface area contributed by atoms with E-state index in [4.69, 9.17) is 4.98 Å². The minimum Gasteiger partial charge on any atom is -0.246 e. The minimum absolute atomic E-state index is 0.464. The van der Waals surface area contributed by atoms with Crippen LogP contribution in [0.5, 0.6) is 0 Å². The van der Waals surface area contributed by atoms with E-state index >= 15 is 0 Å². The van der Waals surface area contributed by atoms with E-state index in [1.807, 2.05) is 11.3 Å². The standard InChI is InChI=1S/C17H20BrNS/c1-11-12(2)20-16(19-11)10-14-8-5-7-13-6-3-4-9-15(13)17(14)18/h3-4,6,9,14,17H,5,7-8,10H2,1-2H3.